The molecule has 6 nitrogen and oxygen atoms in total. The Kier molecular flexibility index (Phi) is 6.14. The summed E-state index contributed by atoms with van der Waals surface area (Å²) in [5, 5.41) is 0.946. The first-order valence-electron chi connectivity index (χ1n) is 11.9. The summed E-state index contributed by atoms with van der Waals surface area (Å²) in [5.74, 6) is 0.715. The summed E-state index contributed by atoms with van der Waals surface area (Å²) in [5.41, 5.74) is 8.23. The molecule has 180 valence electrons. The average Bonchev–Trinajstić information content (AvgIpc) is 3.46. The summed E-state index contributed by atoms with van der Waals surface area (Å²) < 4.78 is 6.02. The predicted octanol–water partition coefficient (Wildman–Crippen LogP) is 5.68. The highest BCUT2D eigenvalue weighted by molar-refractivity contribution is 6.07. The lowest BCUT2D eigenvalue weighted by Gasteiger charge is -2.17. The number of fused-ring (bicyclic) bond motifs is 2. The van der Waals surface area contributed by atoms with Crippen molar-refractivity contribution >= 4 is 22.6 Å². The third kappa shape index (κ3) is 4.21. The van der Waals surface area contributed by atoms with Crippen molar-refractivity contribution in [1.82, 2.24) is 14.9 Å². The number of aromatic amines is 1. The molecule has 0 atom stereocenters. The molecule has 35 heavy (non-hydrogen) atoms. The van der Waals surface area contributed by atoms with E-state index in [1.807, 2.05) is 13.0 Å². The number of benzene rings is 2. The second-order valence-electron chi connectivity index (χ2n) is 9.06. The second kappa shape index (κ2) is 9.39. The van der Waals surface area contributed by atoms with Crippen LogP contribution in [0.4, 0.5) is 5.69 Å². The fourth-order valence-corrected chi connectivity index (χ4v) is 4.88. The van der Waals surface area contributed by atoms with Crippen molar-refractivity contribution in [2.45, 2.75) is 19.9 Å². The number of aromatic nitrogens is 2. The van der Waals surface area contributed by atoms with E-state index < -0.39 is 0 Å². The number of hydrogen-bond donors (Lipinski definition) is 1. The maximum Gasteiger partial charge on any atom is 0.250 e. The topological polar surface area (TPSA) is 61.5 Å². The van der Waals surface area contributed by atoms with Crippen molar-refractivity contribution in [2.75, 3.05) is 32.1 Å². The van der Waals surface area contributed by atoms with Gasteiger partial charge in [0.25, 0.3) is 0 Å². The summed E-state index contributed by atoms with van der Waals surface area (Å²) in [6.45, 7) is 7.77. The fourth-order valence-electron chi connectivity index (χ4n) is 4.88. The molecule has 1 N–H and O–H groups in total. The SMILES string of the molecule is C=CC(=O)N1CCc2ccc(-c3c(-c4ccc(CN(C)C)cc4)[nH]c4nccc(OCC)c34)cc21.[HH]. The first-order chi connectivity index (χ1) is 17.0. The highest BCUT2D eigenvalue weighted by atomic mass is 16.5. The van der Waals surface area contributed by atoms with Gasteiger partial charge in [-0.15, -0.1) is 0 Å². The number of carbonyl (C=O) groups excluding carboxylic acids is 1. The maximum absolute atomic E-state index is 12.5. The summed E-state index contributed by atoms with van der Waals surface area (Å²) in [7, 11) is 4.14. The van der Waals surface area contributed by atoms with Crippen LogP contribution in [-0.4, -0.2) is 48.0 Å². The van der Waals surface area contributed by atoms with Crippen LogP contribution >= 0.6 is 0 Å². The molecule has 0 aliphatic carbocycles. The van der Waals surface area contributed by atoms with Crippen molar-refractivity contribution in [3.05, 3.63) is 78.5 Å². The van der Waals surface area contributed by atoms with Gasteiger partial charge in [-0.25, -0.2) is 4.98 Å². The molecule has 4 aromatic rings. The van der Waals surface area contributed by atoms with Crippen LogP contribution in [0.1, 0.15) is 19.5 Å². The molecular weight excluding hydrogens is 436 g/mol. The van der Waals surface area contributed by atoms with E-state index >= 15 is 0 Å². The maximum atomic E-state index is 12.5. The molecule has 0 saturated carbocycles. The number of amides is 1. The summed E-state index contributed by atoms with van der Waals surface area (Å²) >= 11 is 0. The van der Waals surface area contributed by atoms with E-state index in [2.05, 4.69) is 78.0 Å². The van der Waals surface area contributed by atoms with E-state index in [1.165, 1.54) is 17.2 Å². The number of rotatable bonds is 7. The summed E-state index contributed by atoms with van der Waals surface area (Å²) in [6, 6.07) is 16.9. The predicted molar refractivity (Wildman–Crippen MR) is 144 cm³/mol. The smallest absolute Gasteiger partial charge is 0.250 e. The lowest BCUT2D eigenvalue weighted by atomic mass is 9.96. The van der Waals surface area contributed by atoms with Crippen molar-refractivity contribution in [3.8, 4) is 28.1 Å². The minimum Gasteiger partial charge on any atom is -0.493 e. The Morgan fingerprint density at radius 3 is 2.69 bits per heavy atom. The zero-order chi connectivity index (χ0) is 24.5. The second-order valence-corrected chi connectivity index (χ2v) is 9.06. The van der Waals surface area contributed by atoms with Crippen LogP contribution in [0.25, 0.3) is 33.4 Å². The number of anilines is 1. The minimum atomic E-state index is -0.0757. The van der Waals surface area contributed by atoms with Crippen molar-refractivity contribution in [3.63, 3.8) is 0 Å². The Labute approximate surface area is 207 Å². The number of nitrogens with zero attached hydrogens (tertiary/aromatic N) is 3. The molecule has 1 amide bonds. The van der Waals surface area contributed by atoms with Crippen LogP contribution in [-0.2, 0) is 17.8 Å². The van der Waals surface area contributed by atoms with Gasteiger partial charge in [0.1, 0.15) is 11.4 Å². The largest absolute Gasteiger partial charge is 0.493 e. The van der Waals surface area contributed by atoms with Crippen molar-refractivity contribution in [2.24, 2.45) is 0 Å². The van der Waals surface area contributed by atoms with Crippen LogP contribution in [0.3, 0.4) is 0 Å². The normalized spacial score (nSPS) is 12.9. The third-order valence-electron chi connectivity index (χ3n) is 6.41. The number of H-pyrrole nitrogens is 1. The molecule has 0 unspecified atom stereocenters. The third-order valence-corrected chi connectivity index (χ3v) is 6.41. The monoisotopic (exact) mass is 468 g/mol. The van der Waals surface area contributed by atoms with Gasteiger partial charge in [-0.05, 0) is 67.9 Å². The first-order valence-corrected chi connectivity index (χ1v) is 11.9. The molecule has 1 aliphatic heterocycles. The highest BCUT2D eigenvalue weighted by Crippen LogP contribution is 2.44. The molecule has 0 fully saturated rings. The van der Waals surface area contributed by atoms with Gasteiger partial charge in [0.15, 0.2) is 0 Å². The number of carbonyl (C=O) groups is 1. The molecule has 6 heteroatoms. The van der Waals surface area contributed by atoms with E-state index in [-0.39, 0.29) is 7.33 Å². The van der Waals surface area contributed by atoms with Gasteiger partial charge >= 0.3 is 0 Å². The molecule has 0 saturated heterocycles. The Bertz CT molecular complexity index is 1410. The summed E-state index contributed by atoms with van der Waals surface area (Å²) in [4.78, 5) is 24.6. The molecule has 2 aromatic carbocycles. The lowest BCUT2D eigenvalue weighted by Crippen LogP contribution is -2.26. The molecule has 3 heterocycles. The standard InChI is InChI=1S/C29H30N4O2.H2/c1-5-25(34)33-16-14-20-11-12-22(17-23(20)33)26-27-24(35-6-2)13-15-30-29(27)31-28(26)21-9-7-19(8-10-21)18-32(3)4;/h5,7-13,15,17H,1,6,14,16,18H2,2-4H3,(H,30,31);1H. The summed E-state index contributed by atoms with van der Waals surface area (Å²) in [6.07, 6.45) is 3.99. The Hall–Kier alpha value is -3.90. The van der Waals surface area contributed by atoms with Gasteiger partial charge < -0.3 is 19.5 Å². The first kappa shape index (κ1) is 22.9. The number of nitrogens with one attached hydrogen (secondary N) is 1. The highest BCUT2D eigenvalue weighted by Gasteiger charge is 2.26. The molecule has 1 aliphatic rings. The Morgan fingerprint density at radius 2 is 1.97 bits per heavy atom. The Morgan fingerprint density at radius 1 is 1.20 bits per heavy atom. The van der Waals surface area contributed by atoms with Crippen LogP contribution in [0.5, 0.6) is 5.75 Å². The van der Waals surface area contributed by atoms with Gasteiger partial charge in [0.2, 0.25) is 5.91 Å². The van der Waals surface area contributed by atoms with Crippen molar-refractivity contribution in [1.29, 1.82) is 0 Å². The number of hydrogen-bond acceptors (Lipinski definition) is 4. The van der Waals surface area contributed by atoms with Crippen LogP contribution < -0.4 is 9.64 Å². The molecule has 0 radical (unpaired) electrons. The van der Waals surface area contributed by atoms with Crippen LogP contribution in [0, 0.1) is 0 Å². The van der Waals surface area contributed by atoms with E-state index in [0.29, 0.717) is 13.2 Å². The number of pyridine rings is 1. The molecule has 5 rings (SSSR count). The van der Waals surface area contributed by atoms with E-state index in [4.69, 9.17) is 4.74 Å². The van der Waals surface area contributed by atoms with E-state index in [9.17, 15) is 4.79 Å². The molecule has 0 spiro atoms. The van der Waals surface area contributed by atoms with Crippen LogP contribution in [0.2, 0.25) is 0 Å². The lowest BCUT2D eigenvalue weighted by molar-refractivity contribution is -0.114. The molecular formula is C29H32N4O2. The van der Waals surface area contributed by atoms with Gasteiger partial charge in [-0.1, -0.05) is 43.0 Å². The van der Waals surface area contributed by atoms with E-state index in [0.717, 1.165) is 57.8 Å². The van der Waals surface area contributed by atoms with Gasteiger partial charge in [0, 0.05) is 32.0 Å². The van der Waals surface area contributed by atoms with E-state index in [1.54, 1.807) is 11.1 Å². The van der Waals surface area contributed by atoms with Gasteiger partial charge in [-0.3, -0.25) is 4.79 Å². The minimum absolute atomic E-state index is 0. The van der Waals surface area contributed by atoms with Crippen molar-refractivity contribution < 1.29 is 11.0 Å². The number of ether oxygens (including phenoxy) is 1. The zero-order valence-electron chi connectivity index (χ0n) is 20.5. The van der Waals surface area contributed by atoms with Crippen LogP contribution in [0.15, 0.2) is 67.4 Å². The molecule has 2 aromatic heterocycles. The fraction of sp³-hybridized carbons (Fsp3) is 0.241. The quantitative estimate of drug-likeness (QED) is 0.355. The Balaban J connectivity index is 0.00000304. The van der Waals surface area contributed by atoms with Gasteiger partial charge in [-0.2, -0.15) is 0 Å². The molecule has 0 bridgehead atoms. The zero-order valence-corrected chi connectivity index (χ0v) is 20.5. The van der Waals surface area contributed by atoms with Gasteiger partial charge in [0.05, 0.1) is 17.7 Å². The average molecular weight is 469 g/mol.